The van der Waals surface area contributed by atoms with Crippen LogP contribution in [0.25, 0.3) is 0 Å². The van der Waals surface area contributed by atoms with Crippen LogP contribution in [0.15, 0.2) is 21.2 Å². The molecule has 0 aromatic carbocycles. The molecule has 1 saturated heterocycles. The number of β-amino-alcohol motifs (C(OH)–C–C–N with tert-alkyl or cyclic N) is 1. The second-order valence-corrected chi connectivity index (χ2v) is 5.12. The Balaban J connectivity index is 2.24. The number of anilines is 1. The first-order valence-corrected chi connectivity index (χ1v) is 5.99. The minimum atomic E-state index is -0.215. The Morgan fingerprint density at radius 1 is 1.50 bits per heavy atom. The van der Waals surface area contributed by atoms with E-state index in [1.165, 1.54) is 0 Å². The molecular weight excluding hydrogens is 312 g/mol. The minimum absolute atomic E-state index is 0.215. The first kappa shape index (κ1) is 10.4. The Labute approximate surface area is 99.4 Å². The van der Waals surface area contributed by atoms with Gasteiger partial charge in [0.05, 0.1) is 10.6 Å². The van der Waals surface area contributed by atoms with Crippen LogP contribution < -0.4 is 4.90 Å². The molecule has 1 aromatic rings. The third-order valence-corrected chi connectivity index (χ3v) is 3.27. The number of rotatable bonds is 1. The molecule has 0 amide bonds. The highest BCUT2D eigenvalue weighted by molar-refractivity contribution is 9.11. The van der Waals surface area contributed by atoms with Gasteiger partial charge in [0, 0.05) is 23.8 Å². The summed E-state index contributed by atoms with van der Waals surface area (Å²) in [6, 6.07) is 1.97. The monoisotopic (exact) mass is 320 g/mol. The summed E-state index contributed by atoms with van der Waals surface area (Å²) in [6.45, 7) is 1.54. The van der Waals surface area contributed by atoms with E-state index in [0.29, 0.717) is 6.54 Å². The van der Waals surface area contributed by atoms with Crippen molar-refractivity contribution in [1.82, 2.24) is 4.98 Å². The summed E-state index contributed by atoms with van der Waals surface area (Å²) in [5.74, 6) is 0.907. The molecule has 1 aromatic heterocycles. The molecule has 2 heterocycles. The zero-order chi connectivity index (χ0) is 10.1. The average molecular weight is 322 g/mol. The largest absolute Gasteiger partial charge is 0.391 e. The smallest absolute Gasteiger partial charge is 0.143 e. The molecule has 2 rings (SSSR count). The maximum Gasteiger partial charge on any atom is 0.143 e. The molecular formula is C9H10Br2N2O. The van der Waals surface area contributed by atoms with Gasteiger partial charge in [0.1, 0.15) is 5.82 Å². The molecule has 1 atom stereocenters. The van der Waals surface area contributed by atoms with E-state index in [2.05, 4.69) is 41.7 Å². The summed E-state index contributed by atoms with van der Waals surface area (Å²) in [7, 11) is 0. The van der Waals surface area contributed by atoms with E-state index in [-0.39, 0.29) is 6.10 Å². The predicted octanol–water partition coefficient (Wildman–Crippen LogP) is 2.18. The fourth-order valence-corrected chi connectivity index (χ4v) is 2.81. The molecule has 76 valence electrons. The number of nitrogens with zero attached hydrogens (tertiary/aromatic N) is 2. The highest BCUT2D eigenvalue weighted by Crippen LogP contribution is 2.28. The van der Waals surface area contributed by atoms with E-state index >= 15 is 0 Å². The molecule has 1 aliphatic rings. The Kier molecular flexibility index (Phi) is 3.09. The van der Waals surface area contributed by atoms with Gasteiger partial charge in [0.15, 0.2) is 0 Å². The highest BCUT2D eigenvalue weighted by atomic mass is 79.9. The van der Waals surface area contributed by atoms with Crippen molar-refractivity contribution in [2.75, 3.05) is 18.0 Å². The zero-order valence-electron chi connectivity index (χ0n) is 7.45. The SMILES string of the molecule is OC1CCN(c2ncc(Br)cc2Br)C1. The van der Waals surface area contributed by atoms with Gasteiger partial charge in [0.2, 0.25) is 0 Å². The number of hydrogen-bond acceptors (Lipinski definition) is 3. The van der Waals surface area contributed by atoms with Crippen molar-refractivity contribution in [1.29, 1.82) is 0 Å². The lowest BCUT2D eigenvalue weighted by Gasteiger charge is -2.17. The molecule has 0 aliphatic carbocycles. The number of aliphatic hydroxyl groups is 1. The Morgan fingerprint density at radius 2 is 2.29 bits per heavy atom. The van der Waals surface area contributed by atoms with E-state index in [9.17, 15) is 5.11 Å². The van der Waals surface area contributed by atoms with Crippen molar-refractivity contribution in [3.8, 4) is 0 Å². The van der Waals surface area contributed by atoms with Gasteiger partial charge in [-0.1, -0.05) is 0 Å². The summed E-state index contributed by atoms with van der Waals surface area (Å²) in [6.07, 6.45) is 2.38. The molecule has 1 fully saturated rings. The lowest BCUT2D eigenvalue weighted by Crippen LogP contribution is -2.22. The normalized spacial score (nSPS) is 21.6. The van der Waals surface area contributed by atoms with Crippen molar-refractivity contribution >= 4 is 37.7 Å². The second-order valence-electron chi connectivity index (χ2n) is 3.35. The van der Waals surface area contributed by atoms with Crippen molar-refractivity contribution in [2.24, 2.45) is 0 Å². The van der Waals surface area contributed by atoms with E-state index in [0.717, 1.165) is 27.7 Å². The number of aromatic nitrogens is 1. The summed E-state index contributed by atoms with van der Waals surface area (Å²) in [5, 5.41) is 9.41. The molecule has 0 bridgehead atoms. The van der Waals surface area contributed by atoms with Gasteiger partial charge < -0.3 is 10.0 Å². The fraction of sp³-hybridized carbons (Fsp3) is 0.444. The van der Waals surface area contributed by atoms with Gasteiger partial charge in [-0.25, -0.2) is 4.98 Å². The van der Waals surface area contributed by atoms with Gasteiger partial charge in [-0.05, 0) is 44.3 Å². The third-order valence-electron chi connectivity index (χ3n) is 2.25. The number of aliphatic hydroxyl groups excluding tert-OH is 1. The van der Waals surface area contributed by atoms with Crippen LogP contribution >= 0.6 is 31.9 Å². The second kappa shape index (κ2) is 4.16. The van der Waals surface area contributed by atoms with Crippen LogP contribution in [0.1, 0.15) is 6.42 Å². The summed E-state index contributed by atoms with van der Waals surface area (Å²) >= 11 is 6.82. The van der Waals surface area contributed by atoms with Crippen LogP contribution in [0.5, 0.6) is 0 Å². The highest BCUT2D eigenvalue weighted by Gasteiger charge is 2.22. The quantitative estimate of drug-likeness (QED) is 0.861. The standard InChI is InChI=1S/C9H10Br2N2O/c10-6-3-8(11)9(12-4-6)13-2-1-7(14)5-13/h3-4,7,14H,1-2,5H2. The Bertz CT molecular complexity index is 346. The van der Waals surface area contributed by atoms with Gasteiger partial charge in [0.25, 0.3) is 0 Å². The lowest BCUT2D eigenvalue weighted by molar-refractivity contribution is 0.198. The molecule has 0 spiro atoms. The maximum atomic E-state index is 9.41. The maximum absolute atomic E-state index is 9.41. The number of hydrogen-bond donors (Lipinski definition) is 1. The van der Waals surface area contributed by atoms with E-state index < -0.39 is 0 Å². The average Bonchev–Trinajstić information content (AvgIpc) is 2.51. The van der Waals surface area contributed by atoms with E-state index in [1.54, 1.807) is 6.20 Å². The number of halogens is 2. The fourth-order valence-electron chi connectivity index (χ4n) is 1.57. The topological polar surface area (TPSA) is 36.4 Å². The summed E-state index contributed by atoms with van der Waals surface area (Å²) < 4.78 is 1.91. The van der Waals surface area contributed by atoms with Crippen LogP contribution in [-0.2, 0) is 0 Å². The third kappa shape index (κ3) is 2.10. The molecule has 5 heteroatoms. The Morgan fingerprint density at radius 3 is 2.86 bits per heavy atom. The predicted molar refractivity (Wildman–Crippen MR) is 62.5 cm³/mol. The van der Waals surface area contributed by atoms with E-state index in [4.69, 9.17) is 0 Å². The van der Waals surface area contributed by atoms with Crippen LogP contribution in [0.2, 0.25) is 0 Å². The van der Waals surface area contributed by atoms with Crippen molar-refractivity contribution < 1.29 is 5.11 Å². The molecule has 3 nitrogen and oxygen atoms in total. The van der Waals surface area contributed by atoms with Crippen molar-refractivity contribution in [3.05, 3.63) is 21.2 Å². The van der Waals surface area contributed by atoms with Crippen LogP contribution in [-0.4, -0.2) is 29.3 Å². The van der Waals surface area contributed by atoms with Crippen molar-refractivity contribution in [2.45, 2.75) is 12.5 Å². The molecule has 1 N–H and O–H groups in total. The van der Waals surface area contributed by atoms with Gasteiger partial charge in [-0.15, -0.1) is 0 Å². The van der Waals surface area contributed by atoms with E-state index in [1.807, 2.05) is 6.07 Å². The number of pyridine rings is 1. The summed E-state index contributed by atoms with van der Waals surface area (Å²) in [4.78, 5) is 6.40. The van der Waals surface area contributed by atoms with Crippen LogP contribution in [0.4, 0.5) is 5.82 Å². The molecule has 0 radical (unpaired) electrons. The summed E-state index contributed by atoms with van der Waals surface area (Å²) in [5.41, 5.74) is 0. The first-order chi connectivity index (χ1) is 6.66. The van der Waals surface area contributed by atoms with Gasteiger partial charge in [-0.2, -0.15) is 0 Å². The first-order valence-electron chi connectivity index (χ1n) is 4.41. The Hall–Kier alpha value is -0.130. The molecule has 1 unspecified atom stereocenters. The van der Waals surface area contributed by atoms with Crippen LogP contribution in [0.3, 0.4) is 0 Å². The van der Waals surface area contributed by atoms with Gasteiger partial charge >= 0.3 is 0 Å². The molecule has 0 saturated carbocycles. The van der Waals surface area contributed by atoms with Crippen molar-refractivity contribution in [3.63, 3.8) is 0 Å². The minimum Gasteiger partial charge on any atom is -0.391 e. The molecule has 14 heavy (non-hydrogen) atoms. The lowest BCUT2D eigenvalue weighted by atomic mass is 10.3. The zero-order valence-corrected chi connectivity index (χ0v) is 10.6. The van der Waals surface area contributed by atoms with Crippen LogP contribution in [0, 0.1) is 0 Å². The molecule has 1 aliphatic heterocycles. The van der Waals surface area contributed by atoms with Gasteiger partial charge in [-0.3, -0.25) is 0 Å².